The summed E-state index contributed by atoms with van der Waals surface area (Å²) in [5.74, 6) is 0. The van der Waals surface area contributed by atoms with E-state index in [1.54, 1.807) is 7.11 Å². The van der Waals surface area contributed by atoms with Crippen LogP contribution in [0.3, 0.4) is 0 Å². The second kappa shape index (κ2) is 12.1. The number of methoxy groups -OCH3 is 1. The molecule has 0 heterocycles. The molecule has 0 rings (SSSR count). The quantitative estimate of drug-likeness (QED) is 0.615. The summed E-state index contributed by atoms with van der Waals surface area (Å²) in [7, 11) is 1.64. The summed E-state index contributed by atoms with van der Waals surface area (Å²) in [6.07, 6.45) is 1.77. The summed E-state index contributed by atoms with van der Waals surface area (Å²) in [6, 6.07) is 0. The normalized spacial score (nSPS) is 10.9. The molecule has 0 aromatic heterocycles. The molecule has 1 atom stereocenters. The highest BCUT2D eigenvalue weighted by Crippen LogP contribution is 1.91. The topological polar surface area (TPSA) is 38.3 Å². The van der Waals surface area contributed by atoms with Crippen LogP contribution >= 0.6 is 0 Å². The van der Waals surface area contributed by atoms with Crippen molar-refractivity contribution in [1.82, 2.24) is 5.32 Å². The number of amides is 1. The van der Waals surface area contributed by atoms with Gasteiger partial charge in [-0.1, -0.05) is 20.8 Å². The molecule has 11 heavy (non-hydrogen) atoms. The van der Waals surface area contributed by atoms with Crippen LogP contribution in [0.4, 0.5) is 0 Å². The predicted molar refractivity (Wildman–Crippen MR) is 46.5 cm³/mol. The maximum Gasteiger partial charge on any atom is 0.207 e. The third-order valence-electron chi connectivity index (χ3n) is 1.22. The second-order valence-electron chi connectivity index (χ2n) is 1.79. The molecule has 0 spiro atoms. The Morgan fingerprint density at radius 2 is 2.09 bits per heavy atom. The highest BCUT2D eigenvalue weighted by atomic mass is 16.5. The van der Waals surface area contributed by atoms with E-state index in [0.29, 0.717) is 13.0 Å². The van der Waals surface area contributed by atoms with E-state index in [2.05, 4.69) is 5.32 Å². The van der Waals surface area contributed by atoms with Crippen molar-refractivity contribution in [2.75, 3.05) is 13.7 Å². The summed E-state index contributed by atoms with van der Waals surface area (Å²) < 4.78 is 4.98. The minimum Gasteiger partial charge on any atom is -0.380 e. The molecule has 0 aromatic rings. The largest absolute Gasteiger partial charge is 0.380 e. The zero-order chi connectivity index (χ0) is 9.11. The van der Waals surface area contributed by atoms with Crippen LogP contribution in [0, 0.1) is 0 Å². The van der Waals surface area contributed by atoms with E-state index >= 15 is 0 Å². The monoisotopic (exact) mass is 161 g/mol. The molecular weight excluding hydrogens is 142 g/mol. The van der Waals surface area contributed by atoms with Crippen molar-refractivity contribution < 1.29 is 9.53 Å². The van der Waals surface area contributed by atoms with Crippen LogP contribution in [0.15, 0.2) is 0 Å². The summed E-state index contributed by atoms with van der Waals surface area (Å²) in [5.41, 5.74) is 0. The van der Waals surface area contributed by atoms with Gasteiger partial charge in [0.15, 0.2) is 0 Å². The molecule has 0 bridgehead atoms. The van der Waals surface area contributed by atoms with Gasteiger partial charge in [-0.2, -0.15) is 0 Å². The molecule has 0 aliphatic carbocycles. The van der Waals surface area contributed by atoms with Crippen LogP contribution < -0.4 is 5.32 Å². The van der Waals surface area contributed by atoms with Crippen molar-refractivity contribution in [3.05, 3.63) is 0 Å². The van der Waals surface area contributed by atoms with Crippen molar-refractivity contribution in [3.63, 3.8) is 0 Å². The highest BCUT2D eigenvalue weighted by molar-refractivity contribution is 5.45. The average Bonchev–Trinajstić information content (AvgIpc) is 2.10. The van der Waals surface area contributed by atoms with E-state index in [1.165, 1.54) is 0 Å². The van der Waals surface area contributed by atoms with Crippen molar-refractivity contribution in [3.8, 4) is 0 Å². The Labute approximate surface area is 69.1 Å². The lowest BCUT2D eigenvalue weighted by atomic mass is 10.3. The van der Waals surface area contributed by atoms with Gasteiger partial charge in [0.1, 0.15) is 0 Å². The molecule has 0 aromatic carbocycles. The number of carbonyl (C=O) groups is 1. The van der Waals surface area contributed by atoms with E-state index < -0.39 is 0 Å². The third-order valence-corrected chi connectivity index (χ3v) is 1.22. The Balaban J connectivity index is 0. The minimum absolute atomic E-state index is 0.162. The molecule has 0 saturated carbocycles. The molecule has 0 radical (unpaired) electrons. The summed E-state index contributed by atoms with van der Waals surface area (Å²) in [4.78, 5) is 9.77. The van der Waals surface area contributed by atoms with E-state index in [0.717, 1.165) is 6.42 Å². The van der Waals surface area contributed by atoms with Gasteiger partial charge < -0.3 is 10.1 Å². The van der Waals surface area contributed by atoms with Crippen LogP contribution in [0.1, 0.15) is 27.2 Å². The summed E-state index contributed by atoms with van der Waals surface area (Å²) in [6.45, 7) is 6.62. The Hall–Kier alpha value is -0.570. The zero-order valence-corrected chi connectivity index (χ0v) is 7.89. The molecule has 0 aliphatic heterocycles. The predicted octanol–water partition coefficient (Wildman–Crippen LogP) is 1.18. The molecule has 3 nitrogen and oxygen atoms in total. The molecule has 0 aliphatic rings. The van der Waals surface area contributed by atoms with Crippen molar-refractivity contribution in [1.29, 1.82) is 0 Å². The lowest BCUT2D eigenvalue weighted by Crippen LogP contribution is -2.26. The minimum atomic E-state index is 0.162. The smallest absolute Gasteiger partial charge is 0.207 e. The second-order valence-corrected chi connectivity index (χ2v) is 1.79. The first kappa shape index (κ1) is 13.1. The summed E-state index contributed by atoms with van der Waals surface area (Å²) >= 11 is 0. The molecule has 1 N–H and O–H groups in total. The first-order valence-corrected chi connectivity index (χ1v) is 4.05. The van der Waals surface area contributed by atoms with E-state index in [1.807, 2.05) is 20.8 Å². The van der Waals surface area contributed by atoms with Crippen molar-refractivity contribution >= 4 is 6.41 Å². The van der Waals surface area contributed by atoms with Crippen LogP contribution in [-0.2, 0) is 9.53 Å². The Kier molecular flexibility index (Phi) is 14.4. The lowest BCUT2D eigenvalue weighted by Gasteiger charge is -2.10. The lowest BCUT2D eigenvalue weighted by molar-refractivity contribution is -0.110. The first-order chi connectivity index (χ1) is 5.35. The number of hydrogen-bond donors (Lipinski definition) is 1. The number of nitrogens with one attached hydrogen (secondary N) is 1. The fourth-order valence-corrected chi connectivity index (χ4v) is 0.574. The number of hydrogen-bond acceptors (Lipinski definition) is 2. The molecule has 1 amide bonds. The van der Waals surface area contributed by atoms with Gasteiger partial charge in [-0.15, -0.1) is 0 Å². The van der Waals surface area contributed by atoms with Gasteiger partial charge in [0.05, 0.1) is 6.10 Å². The number of ether oxygens (including phenoxy) is 1. The van der Waals surface area contributed by atoms with Crippen LogP contribution in [0.5, 0.6) is 0 Å². The molecule has 1 unspecified atom stereocenters. The highest BCUT2D eigenvalue weighted by Gasteiger charge is 2.00. The third kappa shape index (κ3) is 9.43. The van der Waals surface area contributed by atoms with Crippen molar-refractivity contribution in [2.24, 2.45) is 0 Å². The maximum atomic E-state index is 9.77. The van der Waals surface area contributed by atoms with Gasteiger partial charge in [-0.05, 0) is 6.42 Å². The standard InChI is InChI=1S/C6H13NO2.C2H6/c1-3-6(9-2)4-7-5-8;1-2/h5-6H,3-4H2,1-2H3,(H,7,8);1-2H3. The molecular formula is C8H19NO2. The molecule has 0 fully saturated rings. The Bertz CT molecular complexity index is 72.5. The van der Waals surface area contributed by atoms with Gasteiger partial charge in [0.2, 0.25) is 6.41 Å². The van der Waals surface area contributed by atoms with E-state index in [4.69, 9.17) is 4.74 Å². The zero-order valence-electron chi connectivity index (χ0n) is 7.89. The molecule has 0 saturated heterocycles. The first-order valence-electron chi connectivity index (χ1n) is 4.05. The average molecular weight is 161 g/mol. The van der Waals surface area contributed by atoms with E-state index in [-0.39, 0.29) is 6.10 Å². The van der Waals surface area contributed by atoms with Gasteiger partial charge in [0.25, 0.3) is 0 Å². The fraction of sp³-hybridized carbons (Fsp3) is 0.875. The van der Waals surface area contributed by atoms with Crippen LogP contribution in [-0.4, -0.2) is 26.2 Å². The Morgan fingerprint density at radius 1 is 1.55 bits per heavy atom. The van der Waals surface area contributed by atoms with Crippen LogP contribution in [0.2, 0.25) is 0 Å². The van der Waals surface area contributed by atoms with Crippen molar-refractivity contribution in [2.45, 2.75) is 33.3 Å². The molecule has 68 valence electrons. The summed E-state index contributed by atoms with van der Waals surface area (Å²) in [5, 5.41) is 2.54. The van der Waals surface area contributed by atoms with Gasteiger partial charge in [0, 0.05) is 13.7 Å². The van der Waals surface area contributed by atoms with Gasteiger partial charge in [-0.25, -0.2) is 0 Å². The fourth-order valence-electron chi connectivity index (χ4n) is 0.574. The van der Waals surface area contributed by atoms with Crippen LogP contribution in [0.25, 0.3) is 0 Å². The Morgan fingerprint density at radius 3 is 2.36 bits per heavy atom. The van der Waals surface area contributed by atoms with Gasteiger partial charge >= 0.3 is 0 Å². The number of rotatable bonds is 5. The molecule has 3 heteroatoms. The number of carbonyl (C=O) groups excluding carboxylic acids is 1. The van der Waals surface area contributed by atoms with Gasteiger partial charge in [-0.3, -0.25) is 4.79 Å². The maximum absolute atomic E-state index is 9.77. The SMILES string of the molecule is CC.CCC(CNC=O)OC. The van der Waals surface area contributed by atoms with E-state index in [9.17, 15) is 4.79 Å².